The van der Waals surface area contributed by atoms with Gasteiger partial charge in [0.05, 0.1) is 24.2 Å². The Labute approximate surface area is 156 Å². The molecule has 0 saturated carbocycles. The van der Waals surface area contributed by atoms with Gasteiger partial charge in [0.15, 0.2) is 15.8 Å². The Balaban J connectivity index is 1.77. The minimum absolute atomic E-state index is 0.152. The zero-order chi connectivity index (χ0) is 19.2. The van der Waals surface area contributed by atoms with E-state index in [1.54, 1.807) is 28.0 Å². The number of benzene rings is 1. The second kappa shape index (κ2) is 8.62. The van der Waals surface area contributed by atoms with Gasteiger partial charge in [0.2, 0.25) is 0 Å². The van der Waals surface area contributed by atoms with Crippen LogP contribution in [0.1, 0.15) is 20.3 Å². The van der Waals surface area contributed by atoms with Crippen molar-refractivity contribution in [2.45, 2.75) is 25.0 Å². The molecular formula is C18H29N3O4S. The number of rotatable bonds is 6. The summed E-state index contributed by atoms with van der Waals surface area (Å²) < 4.78 is 34.4. The fraction of sp³-hybridized carbons (Fsp3) is 0.611. The van der Waals surface area contributed by atoms with Crippen molar-refractivity contribution in [3.8, 4) is 11.5 Å². The maximum Gasteiger partial charge on any atom is 0.193 e. The molecule has 1 aromatic rings. The molecule has 0 bridgehead atoms. The highest BCUT2D eigenvalue weighted by Crippen LogP contribution is 2.23. The molecule has 7 nitrogen and oxygen atoms in total. The predicted octanol–water partition coefficient (Wildman–Crippen LogP) is 1.55. The SMILES string of the molecule is CN=C(NCCCOc1cccc(OC)c1)N1CCS(=O)(=O)C(C)(C)C1. The fourth-order valence-electron chi connectivity index (χ4n) is 2.81. The molecule has 0 aromatic heterocycles. The maximum atomic E-state index is 12.1. The van der Waals surface area contributed by atoms with Crippen LogP contribution in [0.5, 0.6) is 11.5 Å². The van der Waals surface area contributed by atoms with Crippen LogP contribution in [-0.2, 0) is 9.84 Å². The molecule has 0 aliphatic carbocycles. The van der Waals surface area contributed by atoms with Gasteiger partial charge >= 0.3 is 0 Å². The van der Waals surface area contributed by atoms with E-state index in [-0.39, 0.29) is 5.75 Å². The van der Waals surface area contributed by atoms with Crippen LogP contribution < -0.4 is 14.8 Å². The highest BCUT2D eigenvalue weighted by molar-refractivity contribution is 7.92. The van der Waals surface area contributed by atoms with Crippen LogP contribution in [0.3, 0.4) is 0 Å². The number of aliphatic imine (C=N–C) groups is 1. The van der Waals surface area contributed by atoms with E-state index in [2.05, 4.69) is 10.3 Å². The van der Waals surface area contributed by atoms with Crippen LogP contribution in [0.2, 0.25) is 0 Å². The van der Waals surface area contributed by atoms with Crippen LogP contribution in [-0.4, -0.2) is 70.2 Å². The van der Waals surface area contributed by atoms with Crippen molar-refractivity contribution in [1.82, 2.24) is 10.2 Å². The summed E-state index contributed by atoms with van der Waals surface area (Å²) in [5.41, 5.74) is 0. The first kappa shape index (κ1) is 20.4. The second-order valence-corrected chi connectivity index (χ2v) is 9.60. The van der Waals surface area contributed by atoms with Gasteiger partial charge in [0.25, 0.3) is 0 Å². The normalized spacial score (nSPS) is 19.1. The van der Waals surface area contributed by atoms with Gasteiger partial charge in [-0.1, -0.05) is 6.07 Å². The first-order chi connectivity index (χ1) is 12.3. The summed E-state index contributed by atoms with van der Waals surface area (Å²) in [6.07, 6.45) is 0.797. The number of nitrogens with one attached hydrogen (secondary N) is 1. The zero-order valence-electron chi connectivity index (χ0n) is 16.0. The highest BCUT2D eigenvalue weighted by atomic mass is 32.2. The third kappa shape index (κ3) is 5.03. The molecule has 1 heterocycles. The average Bonchev–Trinajstić information content (AvgIpc) is 2.61. The zero-order valence-corrected chi connectivity index (χ0v) is 16.8. The molecule has 0 radical (unpaired) electrons. The summed E-state index contributed by atoms with van der Waals surface area (Å²) in [5, 5.41) is 3.29. The molecule has 1 aliphatic heterocycles. The molecular weight excluding hydrogens is 354 g/mol. The Hall–Kier alpha value is -1.96. The van der Waals surface area contributed by atoms with Crippen LogP contribution in [0.15, 0.2) is 29.3 Å². The first-order valence-corrected chi connectivity index (χ1v) is 10.4. The summed E-state index contributed by atoms with van der Waals surface area (Å²) in [4.78, 5) is 6.29. The topological polar surface area (TPSA) is 80.2 Å². The van der Waals surface area contributed by atoms with Gasteiger partial charge in [-0.3, -0.25) is 4.99 Å². The Bertz CT molecular complexity index is 732. The minimum atomic E-state index is -3.06. The van der Waals surface area contributed by atoms with E-state index in [0.29, 0.717) is 26.2 Å². The Morgan fingerprint density at radius 2 is 2.08 bits per heavy atom. The standard InChI is InChI=1S/C18H29N3O4S/c1-18(2)14-21(10-12-26(18,22)23)17(19-3)20-9-6-11-25-16-8-5-7-15(13-16)24-4/h5,7-8,13H,6,9-12,14H2,1-4H3,(H,19,20). The van der Waals surface area contributed by atoms with Crippen LogP contribution in [0, 0.1) is 0 Å². The lowest BCUT2D eigenvalue weighted by Gasteiger charge is -2.39. The van der Waals surface area contributed by atoms with Crippen molar-refractivity contribution >= 4 is 15.8 Å². The van der Waals surface area contributed by atoms with Crippen molar-refractivity contribution in [2.75, 3.05) is 46.2 Å². The molecule has 146 valence electrons. The van der Waals surface area contributed by atoms with E-state index < -0.39 is 14.6 Å². The fourth-order valence-corrected chi connectivity index (χ4v) is 4.18. The first-order valence-electron chi connectivity index (χ1n) is 8.74. The van der Waals surface area contributed by atoms with Crippen LogP contribution >= 0.6 is 0 Å². The largest absolute Gasteiger partial charge is 0.497 e. The van der Waals surface area contributed by atoms with E-state index in [1.807, 2.05) is 29.2 Å². The van der Waals surface area contributed by atoms with Gasteiger partial charge in [0.1, 0.15) is 11.5 Å². The molecule has 0 spiro atoms. The van der Waals surface area contributed by atoms with Crippen molar-refractivity contribution in [1.29, 1.82) is 0 Å². The monoisotopic (exact) mass is 383 g/mol. The number of sulfone groups is 1. The molecule has 0 atom stereocenters. The summed E-state index contributed by atoms with van der Waals surface area (Å²) in [5.74, 6) is 2.43. The number of ether oxygens (including phenoxy) is 2. The lowest BCUT2D eigenvalue weighted by Crippen LogP contribution is -2.57. The summed E-state index contributed by atoms with van der Waals surface area (Å²) in [6, 6.07) is 7.51. The van der Waals surface area contributed by atoms with Crippen molar-refractivity contribution < 1.29 is 17.9 Å². The van der Waals surface area contributed by atoms with Crippen LogP contribution in [0.4, 0.5) is 0 Å². The number of guanidine groups is 1. The third-order valence-electron chi connectivity index (χ3n) is 4.47. The smallest absolute Gasteiger partial charge is 0.193 e. The number of nitrogens with zero attached hydrogens (tertiary/aromatic N) is 2. The lowest BCUT2D eigenvalue weighted by molar-refractivity contribution is 0.306. The third-order valence-corrected chi connectivity index (χ3v) is 7.00. The van der Waals surface area contributed by atoms with E-state index in [9.17, 15) is 8.42 Å². The molecule has 1 fully saturated rings. The minimum Gasteiger partial charge on any atom is -0.497 e. The average molecular weight is 384 g/mol. The van der Waals surface area contributed by atoms with Crippen LogP contribution in [0.25, 0.3) is 0 Å². The Morgan fingerprint density at radius 1 is 1.35 bits per heavy atom. The highest BCUT2D eigenvalue weighted by Gasteiger charge is 2.40. The maximum absolute atomic E-state index is 12.1. The van der Waals surface area contributed by atoms with E-state index >= 15 is 0 Å². The number of methoxy groups -OCH3 is 1. The number of hydrogen-bond acceptors (Lipinski definition) is 5. The van der Waals surface area contributed by atoms with Crippen molar-refractivity contribution in [3.63, 3.8) is 0 Å². The molecule has 1 saturated heterocycles. The van der Waals surface area contributed by atoms with Gasteiger partial charge < -0.3 is 19.7 Å². The molecule has 1 N–H and O–H groups in total. The van der Waals surface area contributed by atoms with Crippen molar-refractivity contribution in [2.24, 2.45) is 4.99 Å². The summed E-state index contributed by atoms with van der Waals surface area (Å²) in [6.45, 7) is 5.70. The lowest BCUT2D eigenvalue weighted by atomic mass is 10.2. The van der Waals surface area contributed by atoms with E-state index in [1.165, 1.54) is 0 Å². The second-order valence-electron chi connectivity index (χ2n) is 6.86. The van der Waals surface area contributed by atoms with Gasteiger partial charge in [0, 0.05) is 32.7 Å². The Morgan fingerprint density at radius 3 is 2.73 bits per heavy atom. The molecule has 1 aliphatic rings. The van der Waals surface area contributed by atoms with E-state index in [4.69, 9.17) is 9.47 Å². The molecule has 0 amide bonds. The number of hydrogen-bond donors (Lipinski definition) is 1. The predicted molar refractivity (Wildman–Crippen MR) is 104 cm³/mol. The van der Waals surface area contributed by atoms with Gasteiger partial charge in [-0.25, -0.2) is 8.42 Å². The molecule has 26 heavy (non-hydrogen) atoms. The summed E-state index contributed by atoms with van der Waals surface area (Å²) >= 11 is 0. The van der Waals surface area contributed by atoms with Gasteiger partial charge in [-0.2, -0.15) is 0 Å². The van der Waals surface area contributed by atoms with E-state index in [0.717, 1.165) is 23.9 Å². The molecule has 0 unspecified atom stereocenters. The quantitative estimate of drug-likeness (QED) is 0.456. The molecule has 2 rings (SSSR count). The summed E-state index contributed by atoms with van der Waals surface area (Å²) in [7, 11) is 0.284. The molecule has 8 heteroatoms. The van der Waals surface area contributed by atoms with Crippen molar-refractivity contribution in [3.05, 3.63) is 24.3 Å². The Kier molecular flexibility index (Phi) is 6.75. The van der Waals surface area contributed by atoms with Gasteiger partial charge in [-0.05, 0) is 32.4 Å². The molecule has 1 aromatic carbocycles. The van der Waals surface area contributed by atoms with Gasteiger partial charge in [-0.15, -0.1) is 0 Å².